The molecular weight excluding hydrogens is 354 g/mol. The highest BCUT2D eigenvalue weighted by Crippen LogP contribution is 2.34. The van der Waals surface area contributed by atoms with Gasteiger partial charge < -0.3 is 9.88 Å². The summed E-state index contributed by atoms with van der Waals surface area (Å²) in [4.78, 5) is 13.0. The summed E-state index contributed by atoms with van der Waals surface area (Å²) in [6.07, 6.45) is 3.72. The van der Waals surface area contributed by atoms with Gasteiger partial charge in [0, 0.05) is 46.6 Å². The topological polar surface area (TPSA) is 34.0 Å². The Hall–Kier alpha value is -2.60. The van der Waals surface area contributed by atoms with Crippen LogP contribution in [0.3, 0.4) is 0 Å². The van der Waals surface area contributed by atoms with Crippen LogP contribution in [0.15, 0.2) is 58.4 Å². The van der Waals surface area contributed by atoms with Crippen LogP contribution in [0.25, 0.3) is 11.1 Å². The van der Waals surface area contributed by atoms with E-state index in [1.807, 2.05) is 30.5 Å². The highest BCUT2D eigenvalue weighted by Gasteiger charge is 2.12. The molecule has 26 heavy (non-hydrogen) atoms. The summed E-state index contributed by atoms with van der Waals surface area (Å²) in [7, 11) is 1.70. The van der Waals surface area contributed by atoms with Crippen molar-refractivity contribution in [2.24, 2.45) is 7.05 Å². The van der Waals surface area contributed by atoms with E-state index < -0.39 is 11.6 Å². The van der Waals surface area contributed by atoms with E-state index in [0.717, 1.165) is 22.1 Å². The number of aryl methyl sites for hydroxylation is 2. The monoisotopic (exact) mass is 372 g/mol. The highest BCUT2D eigenvalue weighted by atomic mass is 32.2. The summed E-state index contributed by atoms with van der Waals surface area (Å²) in [6, 6.07) is 11.0. The number of thioether (sulfide) groups is 1. The van der Waals surface area contributed by atoms with Crippen LogP contribution in [0.4, 0.5) is 20.2 Å². The van der Waals surface area contributed by atoms with E-state index in [4.69, 9.17) is 0 Å². The van der Waals surface area contributed by atoms with Crippen LogP contribution in [-0.4, -0.2) is 10.8 Å². The van der Waals surface area contributed by atoms with Gasteiger partial charge in [-0.25, -0.2) is 8.78 Å². The summed E-state index contributed by atoms with van der Waals surface area (Å²) in [5, 5.41) is 3.03. The van der Waals surface area contributed by atoms with E-state index in [1.54, 1.807) is 31.9 Å². The number of hydrogen-bond donors (Lipinski definition) is 1. The molecule has 6 heteroatoms. The number of aromatic nitrogens is 1. The van der Waals surface area contributed by atoms with Gasteiger partial charge in [-0.2, -0.15) is 0 Å². The summed E-state index contributed by atoms with van der Waals surface area (Å²) in [5.74, 6) is -1.29. The van der Waals surface area contributed by atoms with Crippen LogP contribution in [0.5, 0.6) is 0 Å². The molecule has 0 aliphatic heterocycles. The molecule has 0 unspecified atom stereocenters. The molecule has 0 spiro atoms. The van der Waals surface area contributed by atoms with E-state index in [1.165, 1.54) is 16.7 Å². The van der Waals surface area contributed by atoms with E-state index in [-0.39, 0.29) is 11.2 Å². The smallest absolute Gasteiger partial charge is 0.253 e. The Morgan fingerprint density at radius 2 is 1.77 bits per heavy atom. The van der Waals surface area contributed by atoms with Crippen molar-refractivity contribution in [2.45, 2.75) is 11.8 Å². The second-order valence-electron chi connectivity index (χ2n) is 5.99. The van der Waals surface area contributed by atoms with Crippen LogP contribution < -0.4 is 10.9 Å². The molecule has 3 nitrogen and oxygen atoms in total. The fraction of sp³-hybridized carbons (Fsp3) is 0.150. The van der Waals surface area contributed by atoms with Crippen molar-refractivity contribution < 1.29 is 8.78 Å². The molecule has 134 valence electrons. The van der Waals surface area contributed by atoms with E-state index in [2.05, 4.69) is 5.32 Å². The molecule has 1 N–H and O–H groups in total. The summed E-state index contributed by atoms with van der Waals surface area (Å²) in [6.45, 7) is 1.76. The van der Waals surface area contributed by atoms with Gasteiger partial charge in [-0.05, 0) is 49.6 Å². The third-order valence-corrected chi connectivity index (χ3v) is 4.83. The van der Waals surface area contributed by atoms with Gasteiger partial charge in [-0.15, -0.1) is 11.8 Å². The van der Waals surface area contributed by atoms with Crippen LogP contribution in [0, 0.1) is 18.6 Å². The van der Waals surface area contributed by atoms with Gasteiger partial charge in [0.1, 0.15) is 11.6 Å². The average Bonchev–Trinajstić information content (AvgIpc) is 2.61. The molecule has 3 rings (SSSR count). The lowest BCUT2D eigenvalue weighted by atomic mass is 10.0. The minimum atomic E-state index is -0.665. The first kappa shape index (κ1) is 18.2. The normalized spacial score (nSPS) is 10.8. The lowest BCUT2D eigenvalue weighted by Crippen LogP contribution is -2.18. The molecule has 0 amide bonds. The van der Waals surface area contributed by atoms with Gasteiger partial charge in [0.05, 0.1) is 5.69 Å². The van der Waals surface area contributed by atoms with Crippen LogP contribution in [-0.2, 0) is 7.05 Å². The van der Waals surface area contributed by atoms with Crippen molar-refractivity contribution in [1.82, 2.24) is 4.57 Å². The van der Waals surface area contributed by atoms with E-state index in [0.29, 0.717) is 11.3 Å². The van der Waals surface area contributed by atoms with Crippen molar-refractivity contribution in [3.63, 3.8) is 0 Å². The Morgan fingerprint density at radius 1 is 1.04 bits per heavy atom. The fourth-order valence-corrected chi connectivity index (χ4v) is 3.20. The van der Waals surface area contributed by atoms with Gasteiger partial charge in [0.15, 0.2) is 0 Å². The van der Waals surface area contributed by atoms with Crippen molar-refractivity contribution in [1.29, 1.82) is 0 Å². The van der Waals surface area contributed by atoms with Crippen LogP contribution >= 0.6 is 11.8 Å². The first-order chi connectivity index (χ1) is 12.4. The van der Waals surface area contributed by atoms with Crippen molar-refractivity contribution >= 4 is 23.1 Å². The minimum Gasteiger partial charge on any atom is -0.353 e. The number of nitrogens with zero attached hydrogens (tertiary/aromatic N) is 1. The Bertz CT molecular complexity index is 1000. The molecule has 0 saturated heterocycles. The molecule has 0 aliphatic rings. The number of nitrogens with one attached hydrogen (secondary N) is 1. The Balaban J connectivity index is 2.13. The summed E-state index contributed by atoms with van der Waals surface area (Å²) < 4.78 is 28.7. The standard InChI is InChI=1S/C20H18F2N2OS/c1-12-8-13(11-24(2)20(12)25)16-10-15(26-3)5-7-18(16)23-19-6-4-14(21)9-17(19)22/h4-11,23H,1-3H3. The fourth-order valence-electron chi connectivity index (χ4n) is 2.76. The molecule has 0 atom stereocenters. The lowest BCUT2D eigenvalue weighted by molar-refractivity contribution is 0.586. The van der Waals surface area contributed by atoms with E-state index in [9.17, 15) is 13.6 Å². The Morgan fingerprint density at radius 3 is 2.42 bits per heavy atom. The maximum absolute atomic E-state index is 14.0. The molecular formula is C20H18F2N2OS. The predicted octanol–water partition coefficient (Wildman–Crippen LogP) is 5.10. The van der Waals surface area contributed by atoms with Gasteiger partial charge in [-0.1, -0.05) is 0 Å². The number of anilines is 2. The number of benzene rings is 2. The first-order valence-electron chi connectivity index (χ1n) is 7.97. The first-order valence-corrected chi connectivity index (χ1v) is 9.19. The highest BCUT2D eigenvalue weighted by molar-refractivity contribution is 7.98. The maximum atomic E-state index is 14.0. The molecule has 0 fully saturated rings. The van der Waals surface area contributed by atoms with Crippen LogP contribution in [0.2, 0.25) is 0 Å². The summed E-state index contributed by atoms with van der Waals surface area (Å²) in [5.41, 5.74) is 3.09. The molecule has 0 aliphatic carbocycles. The Labute approximate surface area is 154 Å². The third-order valence-electron chi connectivity index (χ3n) is 4.10. The maximum Gasteiger partial charge on any atom is 0.253 e. The number of pyridine rings is 1. The Kier molecular flexibility index (Phi) is 5.13. The SMILES string of the molecule is CSc1ccc(Nc2ccc(F)cc2F)c(-c2cc(C)c(=O)n(C)c2)c1. The number of rotatable bonds is 4. The molecule has 0 radical (unpaired) electrons. The summed E-state index contributed by atoms with van der Waals surface area (Å²) >= 11 is 1.59. The average molecular weight is 372 g/mol. The van der Waals surface area contributed by atoms with Crippen molar-refractivity contribution in [3.8, 4) is 11.1 Å². The van der Waals surface area contributed by atoms with Gasteiger partial charge in [-0.3, -0.25) is 4.79 Å². The second kappa shape index (κ2) is 7.33. The molecule has 0 bridgehead atoms. The molecule has 3 aromatic rings. The zero-order valence-corrected chi connectivity index (χ0v) is 15.5. The van der Waals surface area contributed by atoms with Gasteiger partial charge >= 0.3 is 0 Å². The number of halogens is 2. The lowest BCUT2D eigenvalue weighted by Gasteiger charge is -2.15. The van der Waals surface area contributed by atoms with E-state index >= 15 is 0 Å². The quantitative estimate of drug-likeness (QED) is 0.647. The zero-order valence-electron chi connectivity index (χ0n) is 14.6. The van der Waals surface area contributed by atoms with Crippen molar-refractivity contribution in [3.05, 3.63) is 76.2 Å². The van der Waals surface area contributed by atoms with Crippen LogP contribution in [0.1, 0.15) is 5.56 Å². The minimum absolute atomic E-state index is 0.0612. The molecule has 2 aromatic carbocycles. The molecule has 0 saturated carbocycles. The molecule has 1 heterocycles. The largest absolute Gasteiger partial charge is 0.353 e. The van der Waals surface area contributed by atoms with Gasteiger partial charge in [0.2, 0.25) is 0 Å². The van der Waals surface area contributed by atoms with Crippen molar-refractivity contribution in [2.75, 3.05) is 11.6 Å². The van der Waals surface area contributed by atoms with Gasteiger partial charge in [0.25, 0.3) is 5.56 Å². The zero-order chi connectivity index (χ0) is 18.8. The predicted molar refractivity (Wildman–Crippen MR) is 103 cm³/mol. The third kappa shape index (κ3) is 3.65. The second-order valence-corrected chi connectivity index (χ2v) is 6.87. The number of hydrogen-bond acceptors (Lipinski definition) is 3. The molecule has 1 aromatic heterocycles.